The maximum Gasteiger partial charge on any atom is 0.311 e. The van der Waals surface area contributed by atoms with Crippen LogP contribution in [-0.4, -0.2) is 35.0 Å². The smallest absolute Gasteiger partial charge is 0.311 e. The molecule has 0 spiro atoms. The van der Waals surface area contributed by atoms with E-state index < -0.39 is 11.4 Å². The lowest BCUT2D eigenvalue weighted by Gasteiger charge is -2.28. The van der Waals surface area contributed by atoms with Crippen LogP contribution in [0.2, 0.25) is 0 Å². The molecule has 0 radical (unpaired) electrons. The summed E-state index contributed by atoms with van der Waals surface area (Å²) in [6, 6.07) is 5.85. The van der Waals surface area contributed by atoms with Gasteiger partial charge >= 0.3 is 5.97 Å². The van der Waals surface area contributed by atoms with Crippen molar-refractivity contribution in [3.8, 4) is 0 Å². The van der Waals surface area contributed by atoms with E-state index >= 15 is 0 Å². The minimum Gasteiger partial charge on any atom is -0.481 e. The highest BCUT2D eigenvalue weighted by Gasteiger charge is 2.48. The molecule has 2 aromatic rings. The van der Waals surface area contributed by atoms with Gasteiger partial charge in [0.15, 0.2) is 0 Å². The highest BCUT2D eigenvalue weighted by Crippen LogP contribution is 2.39. The molecule has 5 heteroatoms. The van der Waals surface area contributed by atoms with Gasteiger partial charge in [0.2, 0.25) is 0 Å². The van der Waals surface area contributed by atoms with Gasteiger partial charge in [0.1, 0.15) is 11.8 Å². The highest BCUT2D eigenvalue weighted by molar-refractivity contribution is 6.06. The van der Waals surface area contributed by atoms with Crippen LogP contribution in [0.4, 0.5) is 0 Å². The maximum absolute atomic E-state index is 12.9. The Labute approximate surface area is 141 Å². The van der Waals surface area contributed by atoms with Crippen molar-refractivity contribution in [2.75, 3.05) is 13.1 Å². The van der Waals surface area contributed by atoms with Crippen molar-refractivity contribution in [3.05, 3.63) is 35.6 Å². The van der Waals surface area contributed by atoms with Gasteiger partial charge in [-0.3, -0.25) is 9.59 Å². The lowest BCUT2D eigenvalue weighted by Crippen LogP contribution is -2.40. The minimum atomic E-state index is -0.857. The summed E-state index contributed by atoms with van der Waals surface area (Å²) < 4.78 is 5.51. The number of nitrogens with zero attached hydrogens (tertiary/aromatic N) is 1. The summed E-state index contributed by atoms with van der Waals surface area (Å²) in [6.45, 7) is 6.58. The highest BCUT2D eigenvalue weighted by atomic mass is 16.4. The average Bonchev–Trinajstić information content (AvgIpc) is 3.18. The fourth-order valence-corrected chi connectivity index (χ4v) is 3.53. The summed E-state index contributed by atoms with van der Waals surface area (Å²) in [7, 11) is 0. The van der Waals surface area contributed by atoms with E-state index in [1.54, 1.807) is 4.90 Å². The Morgan fingerprint density at radius 2 is 2.12 bits per heavy atom. The Morgan fingerprint density at radius 1 is 1.38 bits per heavy atom. The van der Waals surface area contributed by atoms with Gasteiger partial charge < -0.3 is 14.4 Å². The third-order valence-corrected chi connectivity index (χ3v) is 5.40. The largest absolute Gasteiger partial charge is 0.481 e. The van der Waals surface area contributed by atoms with E-state index in [0.717, 1.165) is 17.4 Å². The summed E-state index contributed by atoms with van der Waals surface area (Å²) >= 11 is 0. The molecule has 0 bridgehead atoms. The fourth-order valence-electron chi connectivity index (χ4n) is 3.53. The number of likely N-dealkylation sites (tertiary alicyclic amines) is 1. The number of aliphatic carboxylic acids is 1. The molecule has 3 rings (SSSR count). The molecule has 0 saturated carbocycles. The number of carbonyl (C=O) groups is 2. The molecule has 5 nitrogen and oxygen atoms in total. The van der Waals surface area contributed by atoms with Gasteiger partial charge in [-0.05, 0) is 36.5 Å². The van der Waals surface area contributed by atoms with Crippen molar-refractivity contribution < 1.29 is 19.1 Å². The van der Waals surface area contributed by atoms with Crippen LogP contribution in [0, 0.1) is 11.3 Å². The number of amides is 1. The van der Waals surface area contributed by atoms with Crippen LogP contribution in [0.15, 0.2) is 28.9 Å². The zero-order valence-corrected chi connectivity index (χ0v) is 14.3. The predicted molar refractivity (Wildman–Crippen MR) is 91.0 cm³/mol. The van der Waals surface area contributed by atoms with E-state index in [1.807, 2.05) is 32.0 Å². The molecular weight excluding hydrogens is 306 g/mol. The van der Waals surface area contributed by atoms with Gasteiger partial charge in [0, 0.05) is 18.5 Å². The Morgan fingerprint density at radius 3 is 2.71 bits per heavy atom. The van der Waals surface area contributed by atoms with Crippen molar-refractivity contribution in [2.45, 2.75) is 33.6 Å². The first-order chi connectivity index (χ1) is 11.4. The monoisotopic (exact) mass is 329 g/mol. The zero-order chi connectivity index (χ0) is 17.5. The number of carboxylic acids is 1. The first-order valence-corrected chi connectivity index (χ1v) is 8.42. The van der Waals surface area contributed by atoms with Crippen LogP contribution in [0.5, 0.6) is 0 Å². The van der Waals surface area contributed by atoms with Crippen molar-refractivity contribution in [1.29, 1.82) is 0 Å². The second kappa shape index (κ2) is 5.96. The van der Waals surface area contributed by atoms with Crippen LogP contribution < -0.4 is 0 Å². The molecular formula is C19H23NO4. The van der Waals surface area contributed by atoms with E-state index in [9.17, 15) is 14.7 Å². The number of rotatable bonds is 4. The number of fused-ring (bicyclic) bond motifs is 1. The Bertz CT molecular complexity index is 792. The molecule has 1 aliphatic heterocycles. The van der Waals surface area contributed by atoms with Crippen LogP contribution in [-0.2, 0) is 11.2 Å². The zero-order valence-electron chi connectivity index (χ0n) is 14.3. The lowest BCUT2D eigenvalue weighted by molar-refractivity contribution is -0.150. The number of carbonyl (C=O) groups excluding carboxylic acids is 1. The van der Waals surface area contributed by atoms with E-state index in [4.69, 9.17) is 4.42 Å². The van der Waals surface area contributed by atoms with Crippen molar-refractivity contribution >= 4 is 22.8 Å². The van der Waals surface area contributed by atoms with Crippen molar-refractivity contribution in [2.24, 2.45) is 11.3 Å². The number of carboxylic acid groups (broad SMARTS) is 1. The van der Waals surface area contributed by atoms with E-state index in [-0.39, 0.29) is 18.4 Å². The van der Waals surface area contributed by atoms with Gasteiger partial charge in [-0.2, -0.15) is 0 Å². The molecule has 1 saturated heterocycles. The summed E-state index contributed by atoms with van der Waals surface area (Å²) in [5.41, 5.74) is 1.49. The third-order valence-electron chi connectivity index (χ3n) is 5.40. The van der Waals surface area contributed by atoms with Crippen LogP contribution in [0.3, 0.4) is 0 Å². The van der Waals surface area contributed by atoms with E-state index in [2.05, 4.69) is 6.92 Å². The molecule has 1 atom stereocenters. The molecule has 1 aromatic heterocycles. The SMILES string of the molecule is CCc1ccc2occ(C(=O)N3CCC(C(=O)O)(C(C)C)C3)c2c1. The van der Waals surface area contributed by atoms with E-state index in [0.29, 0.717) is 24.1 Å². The maximum atomic E-state index is 12.9. The van der Waals surface area contributed by atoms with Gasteiger partial charge in [0.05, 0.1) is 11.0 Å². The summed E-state index contributed by atoms with van der Waals surface area (Å²) in [5.74, 6) is -0.996. The summed E-state index contributed by atoms with van der Waals surface area (Å²) in [5, 5.41) is 10.5. The number of benzene rings is 1. The van der Waals surface area contributed by atoms with Gasteiger partial charge in [-0.15, -0.1) is 0 Å². The standard InChI is InChI=1S/C19H23NO4/c1-4-13-5-6-16-14(9-13)15(10-24-16)17(21)20-8-7-19(11-20,12(2)3)18(22)23/h5-6,9-10,12H,4,7-8,11H2,1-3H3,(H,22,23). The second-order valence-electron chi connectivity index (χ2n) is 6.93. The molecule has 1 unspecified atom stereocenters. The third kappa shape index (κ3) is 2.48. The molecule has 24 heavy (non-hydrogen) atoms. The fraction of sp³-hybridized carbons (Fsp3) is 0.474. The number of hydrogen-bond donors (Lipinski definition) is 1. The number of hydrogen-bond acceptors (Lipinski definition) is 3. The summed E-state index contributed by atoms with van der Waals surface area (Å²) in [4.78, 5) is 26.3. The van der Waals surface area contributed by atoms with Crippen LogP contribution in [0.1, 0.15) is 43.1 Å². The summed E-state index contributed by atoms with van der Waals surface area (Å²) in [6.07, 6.45) is 2.86. The van der Waals surface area contributed by atoms with Crippen molar-refractivity contribution in [1.82, 2.24) is 4.90 Å². The number of aryl methyl sites for hydroxylation is 1. The first-order valence-electron chi connectivity index (χ1n) is 8.42. The van der Waals surface area contributed by atoms with Crippen LogP contribution >= 0.6 is 0 Å². The Hall–Kier alpha value is -2.30. The van der Waals surface area contributed by atoms with E-state index in [1.165, 1.54) is 6.26 Å². The number of furan rings is 1. The van der Waals surface area contributed by atoms with Gasteiger partial charge in [-0.1, -0.05) is 26.8 Å². The lowest BCUT2D eigenvalue weighted by atomic mass is 9.76. The normalized spacial score (nSPS) is 20.9. The molecule has 0 aliphatic carbocycles. The minimum absolute atomic E-state index is 0.0272. The molecule has 1 N–H and O–H groups in total. The molecule has 1 aromatic carbocycles. The first kappa shape index (κ1) is 16.6. The molecule has 2 heterocycles. The molecule has 128 valence electrons. The Balaban J connectivity index is 1.92. The predicted octanol–water partition coefficient (Wildman–Crippen LogP) is 3.57. The molecule has 1 amide bonds. The van der Waals surface area contributed by atoms with Gasteiger partial charge in [-0.25, -0.2) is 0 Å². The Kier molecular flexibility index (Phi) is 4.11. The van der Waals surface area contributed by atoms with Crippen molar-refractivity contribution in [3.63, 3.8) is 0 Å². The van der Waals surface area contributed by atoms with Crippen LogP contribution in [0.25, 0.3) is 11.0 Å². The molecule has 1 aliphatic rings. The topological polar surface area (TPSA) is 70.8 Å². The second-order valence-corrected chi connectivity index (χ2v) is 6.93. The molecule has 1 fully saturated rings. The van der Waals surface area contributed by atoms with Gasteiger partial charge in [0.25, 0.3) is 5.91 Å². The quantitative estimate of drug-likeness (QED) is 0.931. The average molecular weight is 329 g/mol.